The molecule has 0 bridgehead atoms. The second kappa shape index (κ2) is 9.17. The van der Waals surface area contributed by atoms with Crippen LogP contribution in [0.1, 0.15) is 26.2 Å². The molecule has 0 spiro atoms. The lowest BCUT2D eigenvalue weighted by Gasteiger charge is -2.31. The van der Waals surface area contributed by atoms with Crippen molar-refractivity contribution < 1.29 is 29.0 Å². The van der Waals surface area contributed by atoms with Gasteiger partial charge in [-0.05, 0) is 19.8 Å². The average Bonchev–Trinajstić information content (AvgIpc) is 2.45. The molecule has 2 amide bonds. The first-order valence-electron chi connectivity index (χ1n) is 7.04. The van der Waals surface area contributed by atoms with Gasteiger partial charge in [-0.2, -0.15) is 0 Å². The van der Waals surface area contributed by atoms with Gasteiger partial charge in [0.15, 0.2) is 0 Å². The summed E-state index contributed by atoms with van der Waals surface area (Å²) in [7, 11) is 0. The molecule has 2 N–H and O–H groups in total. The maximum absolute atomic E-state index is 11.8. The molecule has 1 aliphatic rings. The van der Waals surface area contributed by atoms with Gasteiger partial charge < -0.3 is 24.8 Å². The fraction of sp³-hybridized carbons (Fsp3) is 0.769. The summed E-state index contributed by atoms with van der Waals surface area (Å²) in [4.78, 5) is 35.0. The van der Waals surface area contributed by atoms with E-state index in [0.717, 1.165) is 0 Å². The molecule has 0 aromatic heterocycles. The van der Waals surface area contributed by atoms with Crippen molar-refractivity contribution in [2.75, 3.05) is 32.8 Å². The first-order chi connectivity index (χ1) is 10.0. The molecule has 0 radical (unpaired) electrons. The van der Waals surface area contributed by atoms with Crippen molar-refractivity contribution in [1.29, 1.82) is 0 Å². The van der Waals surface area contributed by atoms with E-state index in [1.165, 1.54) is 0 Å². The molecular formula is C13H22N2O6. The fourth-order valence-electron chi connectivity index (χ4n) is 2.03. The minimum absolute atomic E-state index is 0.121. The maximum Gasteiger partial charge on any atom is 0.329 e. The summed E-state index contributed by atoms with van der Waals surface area (Å²) in [6, 6.07) is -0.226. The van der Waals surface area contributed by atoms with Crippen LogP contribution < -0.4 is 5.32 Å². The molecule has 120 valence electrons. The normalized spacial score (nSPS) is 15.6. The number of carboxylic acid groups (broad SMARTS) is 1. The Bertz CT molecular complexity index is 366. The summed E-state index contributed by atoms with van der Waals surface area (Å²) in [6.07, 6.45) is 1.25. The van der Waals surface area contributed by atoms with Crippen LogP contribution in [0.3, 0.4) is 0 Å². The Hall–Kier alpha value is -1.83. The minimum Gasteiger partial charge on any atom is -0.480 e. The summed E-state index contributed by atoms with van der Waals surface area (Å²) in [5.41, 5.74) is 0. The van der Waals surface area contributed by atoms with E-state index in [-0.39, 0.29) is 37.7 Å². The second-order valence-electron chi connectivity index (χ2n) is 4.68. The third kappa shape index (κ3) is 6.94. The molecule has 0 aromatic rings. The third-order valence-electron chi connectivity index (χ3n) is 3.08. The van der Waals surface area contributed by atoms with Crippen LogP contribution in [0, 0.1) is 0 Å². The Labute approximate surface area is 123 Å². The molecule has 1 fully saturated rings. The fourth-order valence-corrected chi connectivity index (χ4v) is 2.03. The lowest BCUT2D eigenvalue weighted by Crippen LogP contribution is -2.46. The highest BCUT2D eigenvalue weighted by Gasteiger charge is 2.23. The van der Waals surface area contributed by atoms with Crippen LogP contribution in [0.4, 0.5) is 4.79 Å². The third-order valence-corrected chi connectivity index (χ3v) is 3.08. The van der Waals surface area contributed by atoms with Crippen LogP contribution in [0.2, 0.25) is 0 Å². The van der Waals surface area contributed by atoms with E-state index in [4.69, 9.17) is 14.6 Å². The smallest absolute Gasteiger partial charge is 0.329 e. The van der Waals surface area contributed by atoms with E-state index in [1.807, 2.05) is 0 Å². The van der Waals surface area contributed by atoms with Crippen molar-refractivity contribution in [2.24, 2.45) is 0 Å². The van der Waals surface area contributed by atoms with Crippen LogP contribution in [0.15, 0.2) is 0 Å². The van der Waals surface area contributed by atoms with Gasteiger partial charge in [0.2, 0.25) is 0 Å². The lowest BCUT2D eigenvalue weighted by atomic mass is 10.1. The van der Waals surface area contributed by atoms with Crippen molar-refractivity contribution in [3.05, 3.63) is 0 Å². The van der Waals surface area contributed by atoms with Crippen LogP contribution in [0.5, 0.6) is 0 Å². The van der Waals surface area contributed by atoms with Crippen LogP contribution >= 0.6 is 0 Å². The first kappa shape index (κ1) is 17.2. The van der Waals surface area contributed by atoms with Crippen molar-refractivity contribution in [1.82, 2.24) is 10.2 Å². The van der Waals surface area contributed by atoms with Crippen LogP contribution in [-0.4, -0.2) is 66.9 Å². The summed E-state index contributed by atoms with van der Waals surface area (Å²) in [6.45, 7) is 3.01. The first-order valence-corrected chi connectivity index (χ1v) is 7.04. The lowest BCUT2D eigenvalue weighted by molar-refractivity contribution is -0.145. The minimum atomic E-state index is -0.992. The van der Waals surface area contributed by atoms with E-state index < -0.39 is 5.97 Å². The zero-order chi connectivity index (χ0) is 15.7. The predicted octanol–water partition coefficient (Wildman–Crippen LogP) is 0.215. The topological polar surface area (TPSA) is 105 Å². The Morgan fingerprint density at radius 3 is 2.52 bits per heavy atom. The Morgan fingerprint density at radius 2 is 1.95 bits per heavy atom. The maximum atomic E-state index is 11.8. The van der Waals surface area contributed by atoms with E-state index in [0.29, 0.717) is 32.5 Å². The number of piperidine rings is 1. The Balaban J connectivity index is 2.16. The molecule has 1 saturated heterocycles. The largest absolute Gasteiger partial charge is 0.480 e. The van der Waals surface area contributed by atoms with Gasteiger partial charge in [0, 0.05) is 19.6 Å². The van der Waals surface area contributed by atoms with Gasteiger partial charge in [-0.3, -0.25) is 4.79 Å². The van der Waals surface area contributed by atoms with Gasteiger partial charge in [0.1, 0.15) is 6.61 Å². The van der Waals surface area contributed by atoms with E-state index >= 15 is 0 Å². The highest BCUT2D eigenvalue weighted by molar-refractivity contribution is 5.75. The number of carboxylic acids is 1. The molecule has 0 unspecified atom stereocenters. The number of nitrogens with zero attached hydrogens (tertiary/aromatic N) is 1. The molecule has 0 aromatic carbocycles. The molecule has 8 heteroatoms. The number of rotatable bonds is 7. The predicted molar refractivity (Wildman–Crippen MR) is 72.8 cm³/mol. The molecule has 0 saturated carbocycles. The number of urea groups is 1. The quantitative estimate of drug-likeness (QED) is 0.652. The molecule has 1 heterocycles. The van der Waals surface area contributed by atoms with Gasteiger partial charge >= 0.3 is 18.0 Å². The SMILES string of the molecule is CCOC(=O)CCNC(=O)N1CCC(OCC(=O)O)CC1. The molecule has 8 nitrogen and oxygen atoms in total. The Kier molecular flexibility index (Phi) is 7.52. The standard InChI is InChI=1S/C13H22N2O6/c1-2-20-12(18)3-6-14-13(19)15-7-4-10(5-8-15)21-9-11(16)17/h10H,2-9H2,1H3,(H,14,19)(H,16,17). The molecular weight excluding hydrogens is 280 g/mol. The molecule has 1 aliphatic heterocycles. The number of hydrogen-bond acceptors (Lipinski definition) is 5. The second-order valence-corrected chi connectivity index (χ2v) is 4.68. The number of carbonyl (C=O) groups is 3. The number of esters is 1. The van der Waals surface area contributed by atoms with E-state index in [9.17, 15) is 14.4 Å². The Morgan fingerprint density at radius 1 is 1.29 bits per heavy atom. The summed E-state index contributed by atoms with van der Waals surface area (Å²) in [5.74, 6) is -1.33. The van der Waals surface area contributed by atoms with Gasteiger partial charge in [0.05, 0.1) is 19.1 Å². The van der Waals surface area contributed by atoms with Crippen molar-refractivity contribution in [3.8, 4) is 0 Å². The molecule has 1 rings (SSSR count). The highest BCUT2D eigenvalue weighted by Crippen LogP contribution is 2.13. The highest BCUT2D eigenvalue weighted by atomic mass is 16.5. The van der Waals surface area contributed by atoms with E-state index in [1.54, 1.807) is 11.8 Å². The zero-order valence-corrected chi connectivity index (χ0v) is 12.2. The van der Waals surface area contributed by atoms with Gasteiger partial charge in [-0.1, -0.05) is 0 Å². The number of hydrogen-bond donors (Lipinski definition) is 2. The van der Waals surface area contributed by atoms with Gasteiger partial charge in [-0.25, -0.2) is 9.59 Å². The number of carbonyl (C=O) groups excluding carboxylic acids is 2. The molecule has 0 aliphatic carbocycles. The molecule has 21 heavy (non-hydrogen) atoms. The zero-order valence-electron chi connectivity index (χ0n) is 12.2. The summed E-state index contributed by atoms with van der Waals surface area (Å²) < 4.78 is 9.95. The monoisotopic (exact) mass is 302 g/mol. The number of amides is 2. The number of nitrogens with one attached hydrogen (secondary N) is 1. The summed E-state index contributed by atoms with van der Waals surface area (Å²) >= 11 is 0. The summed E-state index contributed by atoms with van der Waals surface area (Å²) in [5, 5.41) is 11.2. The van der Waals surface area contributed by atoms with Gasteiger partial charge in [0.25, 0.3) is 0 Å². The number of likely N-dealkylation sites (tertiary alicyclic amines) is 1. The van der Waals surface area contributed by atoms with Gasteiger partial charge in [-0.15, -0.1) is 0 Å². The average molecular weight is 302 g/mol. The van der Waals surface area contributed by atoms with Crippen LogP contribution in [-0.2, 0) is 19.1 Å². The molecule has 0 atom stereocenters. The van der Waals surface area contributed by atoms with Crippen molar-refractivity contribution in [2.45, 2.75) is 32.3 Å². The van der Waals surface area contributed by atoms with E-state index in [2.05, 4.69) is 5.32 Å². The van der Waals surface area contributed by atoms with Crippen molar-refractivity contribution in [3.63, 3.8) is 0 Å². The van der Waals surface area contributed by atoms with Crippen LogP contribution in [0.25, 0.3) is 0 Å². The number of aliphatic carboxylic acids is 1. The number of ether oxygens (including phenoxy) is 2. The van der Waals surface area contributed by atoms with Crippen molar-refractivity contribution >= 4 is 18.0 Å².